The minimum absolute atomic E-state index is 0.461. The normalized spacial score (nSPS) is 33.4. The van der Waals surface area contributed by atoms with Crippen LogP contribution in [0.2, 0.25) is 0 Å². The summed E-state index contributed by atoms with van der Waals surface area (Å²) in [6.45, 7) is 5.81. The monoisotopic (exact) mass is 214 g/mol. The van der Waals surface area contributed by atoms with Crippen molar-refractivity contribution in [3.05, 3.63) is 0 Å². The molecule has 0 bridgehead atoms. The van der Waals surface area contributed by atoms with Gasteiger partial charge in [-0.05, 0) is 19.9 Å². The van der Waals surface area contributed by atoms with Gasteiger partial charge in [0.2, 0.25) is 0 Å². The van der Waals surface area contributed by atoms with Gasteiger partial charge in [-0.25, -0.2) is 0 Å². The fraction of sp³-hybridized carbons (Fsp3) is 1.00. The van der Waals surface area contributed by atoms with Gasteiger partial charge in [-0.2, -0.15) is 0 Å². The van der Waals surface area contributed by atoms with Gasteiger partial charge in [0.05, 0.1) is 19.3 Å². The second kappa shape index (κ2) is 5.80. The lowest BCUT2D eigenvalue weighted by Crippen LogP contribution is -2.52. The van der Waals surface area contributed by atoms with Gasteiger partial charge in [0.25, 0.3) is 0 Å². The van der Waals surface area contributed by atoms with Crippen LogP contribution in [0.3, 0.4) is 0 Å². The van der Waals surface area contributed by atoms with E-state index < -0.39 is 0 Å². The molecule has 2 saturated heterocycles. The molecule has 4 nitrogen and oxygen atoms in total. The van der Waals surface area contributed by atoms with E-state index in [1.165, 1.54) is 12.8 Å². The molecule has 0 saturated carbocycles. The summed E-state index contributed by atoms with van der Waals surface area (Å²) < 4.78 is 11.2. The van der Waals surface area contributed by atoms with Crippen molar-refractivity contribution in [1.29, 1.82) is 0 Å². The fourth-order valence-electron chi connectivity index (χ4n) is 2.40. The Kier molecular flexibility index (Phi) is 4.38. The molecule has 2 heterocycles. The zero-order valence-corrected chi connectivity index (χ0v) is 9.58. The largest absolute Gasteiger partial charge is 0.378 e. The van der Waals surface area contributed by atoms with E-state index in [9.17, 15) is 0 Å². The maximum Gasteiger partial charge on any atom is 0.0703 e. The maximum absolute atomic E-state index is 5.68. The molecule has 0 radical (unpaired) electrons. The Balaban J connectivity index is 1.80. The minimum atomic E-state index is 0.461. The van der Waals surface area contributed by atoms with Gasteiger partial charge in [0, 0.05) is 32.3 Å². The molecule has 88 valence electrons. The molecule has 0 aromatic heterocycles. The van der Waals surface area contributed by atoms with Gasteiger partial charge in [-0.1, -0.05) is 0 Å². The van der Waals surface area contributed by atoms with Gasteiger partial charge in [0.1, 0.15) is 0 Å². The molecular weight excluding hydrogens is 192 g/mol. The molecule has 15 heavy (non-hydrogen) atoms. The predicted molar refractivity (Wildman–Crippen MR) is 59.1 cm³/mol. The van der Waals surface area contributed by atoms with Crippen molar-refractivity contribution >= 4 is 0 Å². The molecule has 0 spiro atoms. The fourth-order valence-corrected chi connectivity index (χ4v) is 2.40. The van der Waals surface area contributed by atoms with Crippen molar-refractivity contribution in [2.45, 2.75) is 25.0 Å². The SMILES string of the molecule is CNCC1COCCN1CC1CCCO1. The molecule has 1 N–H and O–H groups in total. The van der Waals surface area contributed by atoms with Crippen molar-refractivity contribution < 1.29 is 9.47 Å². The third-order valence-corrected chi connectivity index (χ3v) is 3.25. The molecule has 2 aliphatic rings. The van der Waals surface area contributed by atoms with Crippen LogP contribution in [0.15, 0.2) is 0 Å². The van der Waals surface area contributed by atoms with E-state index in [4.69, 9.17) is 9.47 Å². The Morgan fingerprint density at radius 1 is 1.40 bits per heavy atom. The van der Waals surface area contributed by atoms with Crippen molar-refractivity contribution in [1.82, 2.24) is 10.2 Å². The number of likely N-dealkylation sites (N-methyl/N-ethyl adjacent to an activating group) is 1. The van der Waals surface area contributed by atoms with Crippen LogP contribution in [0.1, 0.15) is 12.8 Å². The molecule has 2 aliphatic heterocycles. The summed E-state index contributed by atoms with van der Waals surface area (Å²) in [4.78, 5) is 2.51. The number of morpholine rings is 1. The van der Waals surface area contributed by atoms with Crippen LogP contribution >= 0.6 is 0 Å². The highest BCUT2D eigenvalue weighted by molar-refractivity contribution is 4.80. The van der Waals surface area contributed by atoms with Gasteiger partial charge in [0.15, 0.2) is 0 Å². The maximum atomic E-state index is 5.68. The third kappa shape index (κ3) is 3.14. The lowest BCUT2D eigenvalue weighted by molar-refractivity contribution is -0.0293. The number of hydrogen-bond donors (Lipinski definition) is 1. The molecule has 2 unspecified atom stereocenters. The first-order chi connectivity index (χ1) is 7.40. The van der Waals surface area contributed by atoms with Crippen LogP contribution in [0.5, 0.6) is 0 Å². The highest BCUT2D eigenvalue weighted by atomic mass is 16.5. The van der Waals surface area contributed by atoms with Crippen LogP contribution in [-0.4, -0.2) is 63.5 Å². The average molecular weight is 214 g/mol. The van der Waals surface area contributed by atoms with Crippen LogP contribution in [0.25, 0.3) is 0 Å². The van der Waals surface area contributed by atoms with Gasteiger partial charge in [-0.3, -0.25) is 4.90 Å². The third-order valence-electron chi connectivity index (χ3n) is 3.25. The first kappa shape index (κ1) is 11.3. The van der Waals surface area contributed by atoms with Crippen LogP contribution in [0.4, 0.5) is 0 Å². The summed E-state index contributed by atoms with van der Waals surface area (Å²) in [5, 5.41) is 3.23. The Morgan fingerprint density at radius 3 is 3.07 bits per heavy atom. The highest BCUT2D eigenvalue weighted by Gasteiger charge is 2.26. The first-order valence-electron chi connectivity index (χ1n) is 5.98. The number of rotatable bonds is 4. The molecule has 2 rings (SSSR count). The lowest BCUT2D eigenvalue weighted by atomic mass is 10.1. The standard InChI is InChI=1S/C11H22N2O2/c1-12-7-10-9-14-6-4-13(10)8-11-3-2-5-15-11/h10-12H,2-9H2,1H3. The molecular formula is C11H22N2O2. The minimum Gasteiger partial charge on any atom is -0.378 e. The number of ether oxygens (including phenoxy) is 2. The Labute approximate surface area is 91.9 Å². The smallest absolute Gasteiger partial charge is 0.0703 e. The summed E-state index contributed by atoms with van der Waals surface area (Å²) in [6, 6.07) is 0.521. The second-order valence-electron chi connectivity index (χ2n) is 4.42. The quantitative estimate of drug-likeness (QED) is 0.719. The van der Waals surface area contributed by atoms with E-state index >= 15 is 0 Å². The lowest BCUT2D eigenvalue weighted by Gasteiger charge is -2.36. The van der Waals surface area contributed by atoms with Crippen molar-refractivity contribution in [3.8, 4) is 0 Å². The van der Waals surface area contributed by atoms with Crippen molar-refractivity contribution in [3.63, 3.8) is 0 Å². The zero-order chi connectivity index (χ0) is 10.5. The van der Waals surface area contributed by atoms with Crippen LogP contribution in [0, 0.1) is 0 Å². The molecule has 0 aliphatic carbocycles. The van der Waals surface area contributed by atoms with E-state index in [-0.39, 0.29) is 0 Å². The summed E-state index contributed by atoms with van der Waals surface area (Å²) in [5.74, 6) is 0. The molecule has 0 aromatic carbocycles. The van der Waals surface area contributed by atoms with E-state index in [2.05, 4.69) is 10.2 Å². The Bertz CT molecular complexity index is 181. The van der Waals surface area contributed by atoms with E-state index in [0.717, 1.165) is 39.5 Å². The summed E-state index contributed by atoms with van der Waals surface area (Å²) >= 11 is 0. The highest BCUT2D eigenvalue weighted by Crippen LogP contribution is 2.16. The molecule has 0 aromatic rings. The Hall–Kier alpha value is -0.160. The summed E-state index contributed by atoms with van der Waals surface area (Å²) in [5.41, 5.74) is 0. The summed E-state index contributed by atoms with van der Waals surface area (Å²) in [6.07, 6.45) is 2.91. The summed E-state index contributed by atoms with van der Waals surface area (Å²) in [7, 11) is 2.00. The number of nitrogens with one attached hydrogen (secondary N) is 1. The molecule has 4 heteroatoms. The zero-order valence-electron chi connectivity index (χ0n) is 9.58. The average Bonchev–Trinajstić information content (AvgIpc) is 2.74. The van der Waals surface area contributed by atoms with E-state index in [1.54, 1.807) is 0 Å². The number of nitrogens with zero attached hydrogens (tertiary/aromatic N) is 1. The molecule has 2 atom stereocenters. The topological polar surface area (TPSA) is 33.7 Å². The van der Waals surface area contributed by atoms with Crippen molar-refractivity contribution in [2.24, 2.45) is 0 Å². The predicted octanol–water partition coefficient (Wildman–Crippen LogP) is 0.0856. The van der Waals surface area contributed by atoms with Crippen molar-refractivity contribution in [2.75, 3.05) is 46.5 Å². The van der Waals surface area contributed by atoms with Gasteiger partial charge >= 0.3 is 0 Å². The Morgan fingerprint density at radius 2 is 2.33 bits per heavy atom. The van der Waals surface area contributed by atoms with E-state index in [1.807, 2.05) is 7.05 Å². The number of hydrogen-bond acceptors (Lipinski definition) is 4. The van der Waals surface area contributed by atoms with Crippen LogP contribution in [-0.2, 0) is 9.47 Å². The molecule has 2 fully saturated rings. The second-order valence-corrected chi connectivity index (χ2v) is 4.42. The van der Waals surface area contributed by atoms with Gasteiger partial charge < -0.3 is 14.8 Å². The van der Waals surface area contributed by atoms with Gasteiger partial charge in [-0.15, -0.1) is 0 Å². The first-order valence-corrected chi connectivity index (χ1v) is 5.98. The van der Waals surface area contributed by atoms with Crippen LogP contribution < -0.4 is 5.32 Å². The van der Waals surface area contributed by atoms with E-state index in [0.29, 0.717) is 12.1 Å². The molecule has 0 amide bonds.